The molecule has 0 aliphatic heterocycles. The zero-order valence-corrected chi connectivity index (χ0v) is 11.0. The van der Waals surface area contributed by atoms with Crippen LogP contribution in [-0.4, -0.2) is 36.8 Å². The van der Waals surface area contributed by atoms with Gasteiger partial charge in [0.05, 0.1) is 6.61 Å². The van der Waals surface area contributed by atoms with Gasteiger partial charge in [0.15, 0.2) is 0 Å². The summed E-state index contributed by atoms with van der Waals surface area (Å²) in [4.78, 5) is 6.57. The van der Waals surface area contributed by atoms with Crippen molar-refractivity contribution in [2.24, 2.45) is 0 Å². The largest absolute Gasteiger partial charge is 0.395 e. The lowest BCUT2D eigenvalue weighted by Gasteiger charge is -2.22. The maximum atomic E-state index is 9.03. The van der Waals surface area contributed by atoms with Crippen LogP contribution < -0.4 is 10.2 Å². The maximum Gasteiger partial charge on any atom is 0.128 e. The van der Waals surface area contributed by atoms with Crippen LogP contribution in [0.25, 0.3) is 0 Å². The first-order valence-electron chi connectivity index (χ1n) is 6.22. The van der Waals surface area contributed by atoms with Crippen LogP contribution >= 0.6 is 0 Å². The van der Waals surface area contributed by atoms with Crippen molar-refractivity contribution in [1.29, 1.82) is 0 Å². The van der Waals surface area contributed by atoms with Gasteiger partial charge in [-0.05, 0) is 32.0 Å². The summed E-state index contributed by atoms with van der Waals surface area (Å²) in [6.07, 6.45) is 2.95. The van der Waals surface area contributed by atoms with Crippen molar-refractivity contribution >= 4 is 5.82 Å². The van der Waals surface area contributed by atoms with Crippen molar-refractivity contribution in [1.82, 2.24) is 10.3 Å². The highest BCUT2D eigenvalue weighted by Gasteiger charge is 2.07. The molecule has 0 radical (unpaired) electrons. The van der Waals surface area contributed by atoms with Crippen LogP contribution in [0, 0.1) is 0 Å². The number of rotatable bonds is 7. The van der Waals surface area contributed by atoms with Gasteiger partial charge in [0.25, 0.3) is 0 Å². The second-order valence-corrected chi connectivity index (χ2v) is 4.17. The number of nitrogens with zero attached hydrogens (tertiary/aromatic N) is 2. The normalized spacial score (nSPS) is 12.5. The number of pyridine rings is 1. The number of anilines is 1. The molecule has 1 unspecified atom stereocenters. The molecule has 0 aliphatic carbocycles. The predicted molar refractivity (Wildman–Crippen MR) is 71.3 cm³/mol. The van der Waals surface area contributed by atoms with Crippen LogP contribution in [0.2, 0.25) is 0 Å². The second-order valence-electron chi connectivity index (χ2n) is 4.17. The van der Waals surface area contributed by atoms with E-state index in [2.05, 4.69) is 35.1 Å². The third-order valence-corrected chi connectivity index (χ3v) is 2.89. The standard InChI is InChI=1S/C13H23N3O/c1-4-7-16(8-9-17)13-6-5-12(10-15-13)11(2)14-3/h5-6,10-11,14,17H,4,7-9H2,1-3H3. The van der Waals surface area contributed by atoms with E-state index in [1.165, 1.54) is 5.56 Å². The van der Waals surface area contributed by atoms with E-state index in [-0.39, 0.29) is 6.61 Å². The number of aromatic nitrogens is 1. The number of aliphatic hydroxyl groups excluding tert-OH is 1. The molecular weight excluding hydrogens is 214 g/mol. The number of aliphatic hydroxyl groups is 1. The molecule has 2 N–H and O–H groups in total. The smallest absolute Gasteiger partial charge is 0.128 e. The topological polar surface area (TPSA) is 48.4 Å². The van der Waals surface area contributed by atoms with Crippen molar-refractivity contribution in [2.45, 2.75) is 26.3 Å². The van der Waals surface area contributed by atoms with E-state index in [0.717, 1.165) is 18.8 Å². The summed E-state index contributed by atoms with van der Waals surface area (Å²) in [5.41, 5.74) is 1.18. The molecule has 1 heterocycles. The summed E-state index contributed by atoms with van der Waals surface area (Å²) < 4.78 is 0. The molecule has 0 aromatic carbocycles. The summed E-state index contributed by atoms with van der Waals surface area (Å²) in [5, 5.41) is 12.2. The van der Waals surface area contributed by atoms with E-state index in [1.54, 1.807) is 0 Å². The molecular formula is C13H23N3O. The molecule has 0 fully saturated rings. The Labute approximate surface area is 104 Å². The monoisotopic (exact) mass is 237 g/mol. The predicted octanol–water partition coefficient (Wildman–Crippen LogP) is 1.57. The van der Waals surface area contributed by atoms with Crippen LogP contribution in [0.15, 0.2) is 18.3 Å². The van der Waals surface area contributed by atoms with E-state index in [9.17, 15) is 0 Å². The minimum Gasteiger partial charge on any atom is -0.395 e. The van der Waals surface area contributed by atoms with Gasteiger partial charge in [0.2, 0.25) is 0 Å². The van der Waals surface area contributed by atoms with Gasteiger partial charge in [-0.3, -0.25) is 0 Å². The van der Waals surface area contributed by atoms with Crippen molar-refractivity contribution in [3.63, 3.8) is 0 Å². The fourth-order valence-corrected chi connectivity index (χ4v) is 1.74. The zero-order chi connectivity index (χ0) is 12.7. The maximum absolute atomic E-state index is 9.03. The van der Waals surface area contributed by atoms with Crippen molar-refractivity contribution in [2.75, 3.05) is 31.6 Å². The van der Waals surface area contributed by atoms with Crippen LogP contribution in [0.3, 0.4) is 0 Å². The third-order valence-electron chi connectivity index (χ3n) is 2.89. The molecule has 1 aromatic heterocycles. The van der Waals surface area contributed by atoms with Crippen LogP contribution in [0.5, 0.6) is 0 Å². The lowest BCUT2D eigenvalue weighted by Crippen LogP contribution is -2.28. The van der Waals surface area contributed by atoms with Gasteiger partial charge in [-0.1, -0.05) is 13.0 Å². The van der Waals surface area contributed by atoms with Gasteiger partial charge in [-0.25, -0.2) is 4.98 Å². The van der Waals surface area contributed by atoms with Crippen LogP contribution in [0.4, 0.5) is 5.82 Å². The molecule has 0 aliphatic rings. The quantitative estimate of drug-likeness (QED) is 0.756. The molecule has 0 amide bonds. The Kier molecular flexibility index (Phi) is 5.94. The summed E-state index contributed by atoms with van der Waals surface area (Å²) in [6, 6.07) is 4.42. The fraction of sp³-hybridized carbons (Fsp3) is 0.615. The highest BCUT2D eigenvalue weighted by atomic mass is 16.3. The molecule has 0 spiro atoms. The van der Waals surface area contributed by atoms with Gasteiger partial charge >= 0.3 is 0 Å². The van der Waals surface area contributed by atoms with E-state index in [0.29, 0.717) is 12.6 Å². The Bertz CT molecular complexity index is 307. The lowest BCUT2D eigenvalue weighted by atomic mass is 10.1. The zero-order valence-electron chi connectivity index (χ0n) is 11.0. The highest BCUT2D eigenvalue weighted by molar-refractivity contribution is 5.39. The summed E-state index contributed by atoms with van der Waals surface area (Å²) in [6.45, 7) is 5.96. The molecule has 1 atom stereocenters. The van der Waals surface area contributed by atoms with Crippen molar-refractivity contribution in [3.8, 4) is 0 Å². The lowest BCUT2D eigenvalue weighted by molar-refractivity contribution is 0.301. The van der Waals surface area contributed by atoms with Crippen LogP contribution in [-0.2, 0) is 0 Å². The van der Waals surface area contributed by atoms with Crippen molar-refractivity contribution in [3.05, 3.63) is 23.9 Å². The SMILES string of the molecule is CCCN(CCO)c1ccc(C(C)NC)cn1. The minimum atomic E-state index is 0.163. The molecule has 0 saturated carbocycles. The molecule has 17 heavy (non-hydrogen) atoms. The molecule has 1 rings (SSSR count). The molecule has 96 valence electrons. The van der Waals surface area contributed by atoms with E-state index >= 15 is 0 Å². The Hall–Kier alpha value is -1.13. The first-order valence-corrected chi connectivity index (χ1v) is 6.22. The van der Waals surface area contributed by atoms with Crippen molar-refractivity contribution < 1.29 is 5.11 Å². The summed E-state index contributed by atoms with van der Waals surface area (Å²) >= 11 is 0. The first-order chi connectivity index (χ1) is 8.22. The third kappa shape index (κ3) is 3.98. The minimum absolute atomic E-state index is 0.163. The summed E-state index contributed by atoms with van der Waals surface area (Å²) in [7, 11) is 1.94. The molecule has 4 heteroatoms. The number of hydrogen-bond acceptors (Lipinski definition) is 4. The number of nitrogens with one attached hydrogen (secondary N) is 1. The van der Waals surface area contributed by atoms with Gasteiger partial charge in [-0.15, -0.1) is 0 Å². The average Bonchev–Trinajstić information content (AvgIpc) is 2.38. The van der Waals surface area contributed by atoms with Crippen LogP contribution in [0.1, 0.15) is 31.9 Å². The Balaban J connectivity index is 2.76. The first kappa shape index (κ1) is 13.9. The highest BCUT2D eigenvalue weighted by Crippen LogP contribution is 2.15. The van der Waals surface area contributed by atoms with Gasteiger partial charge in [0.1, 0.15) is 5.82 Å². The average molecular weight is 237 g/mol. The molecule has 0 bridgehead atoms. The molecule has 1 aromatic rings. The Morgan fingerprint density at radius 2 is 2.18 bits per heavy atom. The number of hydrogen-bond donors (Lipinski definition) is 2. The van der Waals surface area contributed by atoms with E-state index in [4.69, 9.17) is 5.11 Å². The van der Waals surface area contributed by atoms with Gasteiger partial charge in [0, 0.05) is 25.3 Å². The second kappa shape index (κ2) is 7.25. The summed E-state index contributed by atoms with van der Waals surface area (Å²) in [5.74, 6) is 0.938. The Morgan fingerprint density at radius 1 is 1.41 bits per heavy atom. The molecule has 0 saturated heterocycles. The fourth-order valence-electron chi connectivity index (χ4n) is 1.74. The Morgan fingerprint density at radius 3 is 2.65 bits per heavy atom. The molecule has 4 nitrogen and oxygen atoms in total. The van der Waals surface area contributed by atoms with Gasteiger partial charge < -0.3 is 15.3 Å². The van der Waals surface area contributed by atoms with E-state index in [1.807, 2.05) is 19.3 Å². The van der Waals surface area contributed by atoms with E-state index < -0.39 is 0 Å². The van der Waals surface area contributed by atoms with Gasteiger partial charge in [-0.2, -0.15) is 0 Å².